The van der Waals surface area contributed by atoms with Crippen molar-refractivity contribution < 1.29 is 14.3 Å². The zero-order chi connectivity index (χ0) is 22.8. The number of halogens is 1. The first-order valence-electron chi connectivity index (χ1n) is 11.5. The largest absolute Gasteiger partial charge is 0.383 e. The first kappa shape index (κ1) is 21.9. The van der Waals surface area contributed by atoms with E-state index in [0.29, 0.717) is 16.7 Å². The number of hydrogen-bond acceptors (Lipinski definition) is 6. The smallest absolute Gasteiger partial charge is 0.229 e. The lowest BCUT2D eigenvalue weighted by Crippen LogP contribution is -2.48. The molecular weight excluding hydrogens is 430 g/mol. The Bertz CT molecular complexity index is 1050. The average Bonchev–Trinajstić information content (AvgIpc) is 3.45. The number of pyridine rings is 1. The predicted octanol–water partition coefficient (Wildman–Crippen LogP) is 3.76. The van der Waals surface area contributed by atoms with E-state index in [1.807, 2.05) is 26.2 Å². The average molecular weight is 462 g/mol. The molecule has 5 atom stereocenters. The van der Waals surface area contributed by atoms with Gasteiger partial charge >= 0.3 is 0 Å². The van der Waals surface area contributed by atoms with Gasteiger partial charge in [0.1, 0.15) is 22.9 Å². The summed E-state index contributed by atoms with van der Waals surface area (Å²) in [5.74, 6) is -0.173. The van der Waals surface area contributed by atoms with Crippen molar-refractivity contribution in [2.24, 2.45) is 17.3 Å². The van der Waals surface area contributed by atoms with Gasteiger partial charge in [-0.25, -0.2) is 9.97 Å². The number of rotatable bonds is 5. The van der Waals surface area contributed by atoms with E-state index >= 15 is 0 Å². The Balaban J connectivity index is 1.63. The number of carbonyl (C=O) groups excluding carboxylic acids is 1. The van der Waals surface area contributed by atoms with Crippen molar-refractivity contribution in [2.75, 3.05) is 18.9 Å². The zero-order valence-electron chi connectivity index (χ0n) is 19.3. The summed E-state index contributed by atoms with van der Waals surface area (Å²) in [6.07, 6.45) is 3.93. The van der Waals surface area contributed by atoms with E-state index in [1.165, 1.54) is 0 Å². The monoisotopic (exact) mass is 461 g/mol. The van der Waals surface area contributed by atoms with Gasteiger partial charge in [-0.3, -0.25) is 4.79 Å². The summed E-state index contributed by atoms with van der Waals surface area (Å²) in [5, 5.41) is 6.77. The van der Waals surface area contributed by atoms with Gasteiger partial charge in [0.05, 0.1) is 23.5 Å². The number of ether oxygens (including phenoxy) is 2. The molecule has 3 heterocycles. The minimum absolute atomic E-state index is 0.0356. The van der Waals surface area contributed by atoms with E-state index < -0.39 is 11.2 Å². The van der Waals surface area contributed by atoms with Crippen molar-refractivity contribution in [3.63, 3.8) is 0 Å². The number of anilines is 1. The fraction of sp³-hybridized carbons (Fsp3) is 0.696. The van der Waals surface area contributed by atoms with Crippen molar-refractivity contribution in [2.45, 2.75) is 71.0 Å². The molecule has 174 valence electrons. The lowest BCUT2D eigenvalue weighted by atomic mass is 9.77. The maximum atomic E-state index is 13.3. The molecule has 0 bridgehead atoms. The number of carbonyl (C=O) groups is 1. The van der Waals surface area contributed by atoms with Crippen LogP contribution in [0.4, 0.5) is 5.69 Å². The highest BCUT2D eigenvalue weighted by Crippen LogP contribution is 2.63. The van der Waals surface area contributed by atoms with E-state index in [9.17, 15) is 4.79 Å². The van der Waals surface area contributed by atoms with E-state index in [0.717, 1.165) is 37.0 Å². The molecule has 2 saturated carbocycles. The lowest BCUT2D eigenvalue weighted by Gasteiger charge is -2.35. The first-order valence-corrected chi connectivity index (χ1v) is 11.9. The number of nitrogens with zero attached hydrogens (tertiary/aromatic N) is 3. The van der Waals surface area contributed by atoms with Crippen LogP contribution in [0.3, 0.4) is 0 Å². The van der Waals surface area contributed by atoms with Gasteiger partial charge in [-0.15, -0.1) is 0 Å². The Kier molecular flexibility index (Phi) is 5.18. The zero-order valence-corrected chi connectivity index (χ0v) is 20.1. The van der Waals surface area contributed by atoms with E-state index in [2.05, 4.69) is 34.0 Å². The van der Waals surface area contributed by atoms with Gasteiger partial charge in [0.15, 0.2) is 11.4 Å². The van der Waals surface area contributed by atoms with E-state index in [-0.39, 0.29) is 30.1 Å². The topological polar surface area (TPSA) is 90.3 Å². The maximum Gasteiger partial charge on any atom is 0.229 e. The second-order valence-electron chi connectivity index (χ2n) is 10.2. The van der Waals surface area contributed by atoms with Crippen LogP contribution in [0.2, 0.25) is 5.15 Å². The fourth-order valence-corrected chi connectivity index (χ4v) is 6.38. The van der Waals surface area contributed by atoms with Gasteiger partial charge in [-0.1, -0.05) is 31.9 Å². The van der Waals surface area contributed by atoms with Crippen LogP contribution < -0.4 is 10.6 Å². The van der Waals surface area contributed by atoms with Crippen LogP contribution in [-0.2, 0) is 14.3 Å². The van der Waals surface area contributed by atoms with Crippen molar-refractivity contribution in [1.29, 1.82) is 0 Å². The summed E-state index contributed by atoms with van der Waals surface area (Å²) < 4.78 is 14.9. The van der Waals surface area contributed by atoms with Crippen LogP contribution >= 0.6 is 11.6 Å². The summed E-state index contributed by atoms with van der Waals surface area (Å²) in [4.78, 5) is 22.7. The molecule has 8 nitrogen and oxygen atoms in total. The molecular formula is C23H32ClN5O3. The summed E-state index contributed by atoms with van der Waals surface area (Å²) in [5.41, 5.74) is 1.74. The van der Waals surface area contributed by atoms with Crippen LogP contribution in [0, 0.1) is 17.3 Å². The number of amides is 1. The molecule has 1 aliphatic heterocycles. The van der Waals surface area contributed by atoms with Gasteiger partial charge in [0.2, 0.25) is 5.91 Å². The Morgan fingerprint density at radius 3 is 2.88 bits per heavy atom. The first-order chi connectivity index (χ1) is 15.2. The molecule has 0 aromatic carbocycles. The molecule has 2 aromatic rings. The molecule has 9 heteroatoms. The number of nitrogens with one attached hydrogen (secondary N) is 2. The Morgan fingerprint density at radius 1 is 1.38 bits per heavy atom. The third-order valence-corrected chi connectivity index (χ3v) is 7.52. The number of imidazole rings is 1. The lowest BCUT2D eigenvalue weighted by molar-refractivity contribution is -0.178. The molecule has 5 rings (SSSR count). The Morgan fingerprint density at radius 2 is 2.16 bits per heavy atom. The minimum atomic E-state index is -0.756. The molecule has 2 aromatic heterocycles. The summed E-state index contributed by atoms with van der Waals surface area (Å²) in [7, 11) is 1.70. The molecule has 2 N–H and O–H groups in total. The van der Waals surface area contributed by atoms with Gasteiger partial charge in [0, 0.05) is 19.7 Å². The van der Waals surface area contributed by atoms with Gasteiger partial charge in [0.25, 0.3) is 0 Å². The molecule has 3 fully saturated rings. The van der Waals surface area contributed by atoms with Crippen LogP contribution in [0.25, 0.3) is 11.2 Å². The standard InChI is InChI=1S/C23H32ClN5O3/c1-12(2)10-26-14-9-15(24)28-20-16(14)27-11-29(20)17-13-7-6-8-23(13,21(30)25-5)19-18(17)31-22(3,4)32-19/h9,11-13,17-19H,6-8,10H2,1-5H3,(H,25,30)(H,26,28)/t13-,17-,18+,19+,23+/m1/s1. The molecule has 0 unspecified atom stereocenters. The Hall–Kier alpha value is -1.90. The second-order valence-corrected chi connectivity index (χ2v) is 10.6. The molecule has 0 radical (unpaired) electrons. The van der Waals surface area contributed by atoms with Gasteiger partial charge in [-0.2, -0.15) is 0 Å². The van der Waals surface area contributed by atoms with Crippen molar-refractivity contribution in [3.8, 4) is 0 Å². The van der Waals surface area contributed by atoms with Crippen LogP contribution in [0.5, 0.6) is 0 Å². The summed E-state index contributed by atoms with van der Waals surface area (Å²) >= 11 is 6.43. The third-order valence-electron chi connectivity index (χ3n) is 7.32. The highest BCUT2D eigenvalue weighted by atomic mass is 35.5. The van der Waals surface area contributed by atoms with Gasteiger partial charge in [-0.05, 0) is 38.5 Å². The molecule has 2 aliphatic carbocycles. The van der Waals surface area contributed by atoms with E-state index in [1.54, 1.807) is 7.05 Å². The number of aromatic nitrogens is 3. The third kappa shape index (κ3) is 3.14. The normalized spacial score (nSPS) is 33.0. The summed E-state index contributed by atoms with van der Waals surface area (Å²) in [6, 6.07) is 1.71. The SMILES string of the molecule is CNC(=O)[C@@]12CCC[C@@H]1[C@@H](n1cnc3c(NCC(C)C)cc(Cl)nc31)[C@@H]1OC(C)(C)O[C@@H]12. The predicted molar refractivity (Wildman–Crippen MR) is 123 cm³/mol. The maximum absolute atomic E-state index is 13.3. The highest BCUT2D eigenvalue weighted by Gasteiger charge is 2.71. The van der Waals surface area contributed by atoms with Crippen LogP contribution in [-0.4, -0.2) is 52.0 Å². The van der Waals surface area contributed by atoms with Crippen LogP contribution in [0.15, 0.2) is 12.4 Å². The highest BCUT2D eigenvalue weighted by molar-refractivity contribution is 6.30. The molecule has 1 amide bonds. The summed E-state index contributed by atoms with van der Waals surface area (Å²) in [6.45, 7) is 8.95. The molecule has 1 saturated heterocycles. The minimum Gasteiger partial charge on any atom is -0.383 e. The second kappa shape index (κ2) is 7.57. The van der Waals surface area contributed by atoms with Crippen molar-refractivity contribution in [3.05, 3.63) is 17.5 Å². The fourth-order valence-electron chi connectivity index (χ4n) is 6.19. The van der Waals surface area contributed by atoms with Crippen molar-refractivity contribution in [1.82, 2.24) is 19.9 Å². The van der Waals surface area contributed by atoms with E-state index in [4.69, 9.17) is 26.1 Å². The molecule has 32 heavy (non-hydrogen) atoms. The molecule has 3 aliphatic rings. The number of hydrogen-bond donors (Lipinski definition) is 2. The number of fused-ring (bicyclic) bond motifs is 4. The quantitative estimate of drug-likeness (QED) is 0.659. The van der Waals surface area contributed by atoms with Crippen molar-refractivity contribution >= 4 is 34.4 Å². The Labute approximate surface area is 193 Å². The van der Waals surface area contributed by atoms with Crippen LogP contribution in [0.1, 0.15) is 53.0 Å². The van der Waals surface area contributed by atoms with Gasteiger partial charge < -0.3 is 24.7 Å². The molecule has 0 spiro atoms.